The van der Waals surface area contributed by atoms with E-state index in [4.69, 9.17) is 0 Å². The van der Waals surface area contributed by atoms with Gasteiger partial charge in [0, 0.05) is 13.0 Å². The minimum Gasteiger partial charge on any atom is -0.351 e. The zero-order valence-electron chi connectivity index (χ0n) is 12.9. The predicted octanol–water partition coefficient (Wildman–Crippen LogP) is 3.96. The molecule has 1 saturated carbocycles. The summed E-state index contributed by atoms with van der Waals surface area (Å²) in [5.74, 6) is 1.33. The van der Waals surface area contributed by atoms with Crippen molar-refractivity contribution in [2.24, 2.45) is 11.8 Å². The van der Waals surface area contributed by atoms with Crippen LogP contribution >= 0.6 is 11.3 Å². The Balaban J connectivity index is 1.89. The molecular weight excluding hydrogens is 268 g/mol. The standard InChI is InChI=1S/C16H26N2OS/c1-11(2)9-14-18-12(3)15(20-14)16(19)17-10-13-7-5-4-6-8-13/h11,13H,4-10H2,1-3H3,(H,17,19). The number of aromatic nitrogens is 1. The molecule has 1 N–H and O–H groups in total. The van der Waals surface area contributed by atoms with Gasteiger partial charge in [0.25, 0.3) is 5.91 Å². The highest BCUT2D eigenvalue weighted by molar-refractivity contribution is 7.13. The van der Waals surface area contributed by atoms with E-state index in [1.807, 2.05) is 6.92 Å². The Morgan fingerprint density at radius 1 is 1.35 bits per heavy atom. The molecule has 2 rings (SSSR count). The number of thiazole rings is 1. The number of nitrogens with one attached hydrogen (secondary N) is 1. The van der Waals surface area contributed by atoms with Crippen LogP contribution in [0.1, 0.15) is 66.3 Å². The molecule has 20 heavy (non-hydrogen) atoms. The monoisotopic (exact) mass is 294 g/mol. The van der Waals surface area contributed by atoms with Crippen LogP contribution in [0.2, 0.25) is 0 Å². The van der Waals surface area contributed by atoms with Crippen LogP contribution in [0.15, 0.2) is 0 Å². The number of hydrogen-bond acceptors (Lipinski definition) is 3. The third-order valence-electron chi connectivity index (χ3n) is 3.91. The normalized spacial score (nSPS) is 16.6. The number of carbonyl (C=O) groups is 1. The van der Waals surface area contributed by atoms with Gasteiger partial charge >= 0.3 is 0 Å². The van der Waals surface area contributed by atoms with Gasteiger partial charge in [0.1, 0.15) is 4.88 Å². The van der Waals surface area contributed by atoms with Crippen molar-refractivity contribution in [3.63, 3.8) is 0 Å². The number of rotatable bonds is 5. The Labute approximate surface area is 126 Å². The summed E-state index contributed by atoms with van der Waals surface area (Å²) >= 11 is 1.56. The van der Waals surface area contributed by atoms with Crippen LogP contribution in [0.25, 0.3) is 0 Å². The van der Waals surface area contributed by atoms with E-state index in [1.54, 1.807) is 11.3 Å². The molecule has 0 radical (unpaired) electrons. The lowest BCUT2D eigenvalue weighted by molar-refractivity contribution is 0.0947. The minimum absolute atomic E-state index is 0.0700. The molecule has 0 aliphatic heterocycles. The molecule has 0 bridgehead atoms. The number of nitrogens with zero attached hydrogens (tertiary/aromatic N) is 1. The predicted molar refractivity (Wildman–Crippen MR) is 84.3 cm³/mol. The molecule has 1 aromatic heterocycles. The molecule has 1 aliphatic rings. The second-order valence-corrected chi connectivity index (χ2v) is 7.42. The third-order valence-corrected chi connectivity index (χ3v) is 5.08. The lowest BCUT2D eigenvalue weighted by atomic mass is 9.89. The average Bonchev–Trinajstić information content (AvgIpc) is 2.77. The minimum atomic E-state index is 0.0700. The summed E-state index contributed by atoms with van der Waals surface area (Å²) in [6.07, 6.45) is 7.48. The zero-order chi connectivity index (χ0) is 14.5. The van der Waals surface area contributed by atoms with Gasteiger partial charge < -0.3 is 5.32 Å². The van der Waals surface area contributed by atoms with Crippen LogP contribution < -0.4 is 5.32 Å². The first-order valence-corrected chi connectivity index (χ1v) is 8.62. The van der Waals surface area contributed by atoms with Crippen molar-refractivity contribution in [3.8, 4) is 0 Å². The first-order valence-electron chi connectivity index (χ1n) is 7.80. The number of hydrogen-bond donors (Lipinski definition) is 1. The van der Waals surface area contributed by atoms with Crippen LogP contribution in [0, 0.1) is 18.8 Å². The van der Waals surface area contributed by atoms with Crippen molar-refractivity contribution in [1.82, 2.24) is 10.3 Å². The van der Waals surface area contributed by atoms with Gasteiger partial charge in [0.05, 0.1) is 10.7 Å². The van der Waals surface area contributed by atoms with Crippen molar-refractivity contribution < 1.29 is 4.79 Å². The number of carbonyl (C=O) groups excluding carboxylic acids is 1. The van der Waals surface area contributed by atoms with Crippen LogP contribution in [-0.4, -0.2) is 17.4 Å². The van der Waals surface area contributed by atoms with E-state index in [-0.39, 0.29) is 5.91 Å². The van der Waals surface area contributed by atoms with Crippen molar-refractivity contribution in [2.75, 3.05) is 6.54 Å². The highest BCUT2D eigenvalue weighted by Gasteiger charge is 2.18. The highest BCUT2D eigenvalue weighted by atomic mass is 32.1. The van der Waals surface area contributed by atoms with E-state index in [0.29, 0.717) is 11.8 Å². The van der Waals surface area contributed by atoms with Crippen LogP contribution in [-0.2, 0) is 6.42 Å². The fourth-order valence-corrected chi connectivity index (χ4v) is 4.00. The molecule has 1 amide bonds. The fourth-order valence-electron chi connectivity index (χ4n) is 2.81. The summed E-state index contributed by atoms with van der Waals surface area (Å²) in [5.41, 5.74) is 0.881. The van der Waals surface area contributed by atoms with E-state index in [1.165, 1.54) is 32.1 Å². The van der Waals surface area contributed by atoms with Gasteiger partial charge in [-0.3, -0.25) is 4.79 Å². The molecular formula is C16H26N2OS. The second-order valence-electron chi connectivity index (χ2n) is 6.33. The van der Waals surface area contributed by atoms with Gasteiger partial charge in [-0.05, 0) is 31.6 Å². The molecule has 1 heterocycles. The van der Waals surface area contributed by atoms with E-state index in [2.05, 4.69) is 24.1 Å². The smallest absolute Gasteiger partial charge is 0.263 e. The molecule has 0 saturated heterocycles. The zero-order valence-corrected chi connectivity index (χ0v) is 13.7. The van der Waals surface area contributed by atoms with Crippen molar-refractivity contribution in [3.05, 3.63) is 15.6 Å². The third kappa shape index (κ3) is 4.30. The Morgan fingerprint density at radius 2 is 2.05 bits per heavy atom. The van der Waals surface area contributed by atoms with Crippen LogP contribution in [0.3, 0.4) is 0 Å². The molecule has 1 aliphatic carbocycles. The maximum Gasteiger partial charge on any atom is 0.263 e. The Morgan fingerprint density at radius 3 is 2.70 bits per heavy atom. The summed E-state index contributed by atoms with van der Waals surface area (Å²) < 4.78 is 0. The van der Waals surface area contributed by atoms with Gasteiger partial charge in [-0.25, -0.2) is 4.98 Å². The summed E-state index contributed by atoms with van der Waals surface area (Å²) in [6.45, 7) is 7.13. The van der Waals surface area contributed by atoms with Gasteiger partial charge in [0.2, 0.25) is 0 Å². The first-order chi connectivity index (χ1) is 9.56. The molecule has 0 atom stereocenters. The SMILES string of the molecule is Cc1nc(CC(C)C)sc1C(=O)NCC1CCCCC1. The number of aryl methyl sites for hydroxylation is 1. The quantitative estimate of drug-likeness (QED) is 0.893. The molecule has 3 nitrogen and oxygen atoms in total. The highest BCUT2D eigenvalue weighted by Crippen LogP contribution is 2.24. The van der Waals surface area contributed by atoms with Gasteiger partial charge in [-0.15, -0.1) is 11.3 Å². The van der Waals surface area contributed by atoms with Crippen LogP contribution in [0.5, 0.6) is 0 Å². The van der Waals surface area contributed by atoms with E-state index < -0.39 is 0 Å². The first kappa shape index (κ1) is 15.5. The maximum absolute atomic E-state index is 12.3. The fraction of sp³-hybridized carbons (Fsp3) is 0.750. The Kier molecular flexibility index (Phi) is 5.58. The van der Waals surface area contributed by atoms with E-state index in [0.717, 1.165) is 28.5 Å². The van der Waals surface area contributed by atoms with Crippen molar-refractivity contribution in [2.45, 2.75) is 59.3 Å². The molecule has 1 fully saturated rings. The average molecular weight is 294 g/mol. The summed E-state index contributed by atoms with van der Waals surface area (Å²) in [4.78, 5) is 17.6. The topological polar surface area (TPSA) is 42.0 Å². The Hall–Kier alpha value is -0.900. The molecule has 0 unspecified atom stereocenters. The van der Waals surface area contributed by atoms with Gasteiger partial charge in [-0.1, -0.05) is 33.1 Å². The lowest BCUT2D eigenvalue weighted by Gasteiger charge is -2.21. The lowest BCUT2D eigenvalue weighted by Crippen LogP contribution is -2.30. The second kappa shape index (κ2) is 7.21. The molecule has 1 aromatic rings. The molecule has 112 valence electrons. The molecule has 4 heteroatoms. The van der Waals surface area contributed by atoms with Gasteiger partial charge in [-0.2, -0.15) is 0 Å². The summed E-state index contributed by atoms with van der Waals surface area (Å²) in [7, 11) is 0. The maximum atomic E-state index is 12.3. The summed E-state index contributed by atoms with van der Waals surface area (Å²) in [5, 5.41) is 4.19. The van der Waals surface area contributed by atoms with E-state index >= 15 is 0 Å². The number of amides is 1. The largest absolute Gasteiger partial charge is 0.351 e. The Bertz CT molecular complexity index is 447. The van der Waals surface area contributed by atoms with Crippen molar-refractivity contribution >= 4 is 17.2 Å². The van der Waals surface area contributed by atoms with Crippen molar-refractivity contribution in [1.29, 1.82) is 0 Å². The molecule has 0 aromatic carbocycles. The molecule has 0 spiro atoms. The van der Waals surface area contributed by atoms with Crippen LogP contribution in [0.4, 0.5) is 0 Å². The summed E-state index contributed by atoms with van der Waals surface area (Å²) in [6, 6.07) is 0. The van der Waals surface area contributed by atoms with Gasteiger partial charge in [0.15, 0.2) is 0 Å². The van der Waals surface area contributed by atoms with E-state index in [9.17, 15) is 4.79 Å².